The molecule has 48 valence electrons. The van der Waals surface area contributed by atoms with Crippen LogP contribution in [-0.2, 0) is 14.3 Å². The molecule has 2 atom stereocenters. The molecule has 3 nitrogen and oxygen atoms in total. The first-order valence-electron chi connectivity index (χ1n) is 2.91. The van der Waals surface area contributed by atoms with Crippen molar-refractivity contribution >= 4 is 11.9 Å². The number of hydrogen-bond acceptors (Lipinski definition) is 3. The monoisotopic (exact) mass is 126 g/mol. The van der Waals surface area contributed by atoms with Crippen molar-refractivity contribution in [1.29, 1.82) is 0 Å². The largest absolute Gasteiger partial charge is 0.392 e. The average Bonchev–Trinajstić information content (AvgIpc) is 2.38. The van der Waals surface area contributed by atoms with Gasteiger partial charge in [0.25, 0.3) is 0 Å². The maximum absolute atomic E-state index is 10.7. The topological polar surface area (TPSA) is 43.4 Å². The zero-order valence-electron chi connectivity index (χ0n) is 5.01. The van der Waals surface area contributed by atoms with Gasteiger partial charge in [0, 0.05) is 0 Å². The van der Waals surface area contributed by atoms with Crippen LogP contribution in [0.25, 0.3) is 0 Å². The molecule has 2 fully saturated rings. The molecule has 0 aromatic rings. The SMILES string of the molecule is C[C@]12C[C@H]1C(=O)OC2=O. The Balaban J connectivity index is 2.38. The molecule has 0 N–H and O–H groups in total. The van der Waals surface area contributed by atoms with Crippen molar-refractivity contribution in [2.75, 3.05) is 0 Å². The molecule has 3 heteroatoms. The first-order chi connectivity index (χ1) is 4.14. The van der Waals surface area contributed by atoms with Crippen LogP contribution in [0.3, 0.4) is 0 Å². The van der Waals surface area contributed by atoms with Gasteiger partial charge in [-0.25, -0.2) is 0 Å². The molecule has 2 rings (SSSR count). The minimum atomic E-state index is -0.420. The first kappa shape index (κ1) is 4.97. The number of cyclic esters (lactones) is 2. The third kappa shape index (κ3) is 0.385. The fraction of sp³-hybridized carbons (Fsp3) is 0.667. The number of carbonyl (C=O) groups is 2. The Morgan fingerprint density at radius 1 is 1.67 bits per heavy atom. The van der Waals surface area contributed by atoms with Crippen molar-refractivity contribution in [3.05, 3.63) is 0 Å². The van der Waals surface area contributed by atoms with Gasteiger partial charge in [-0.2, -0.15) is 0 Å². The van der Waals surface area contributed by atoms with Crippen LogP contribution >= 0.6 is 0 Å². The predicted molar refractivity (Wildman–Crippen MR) is 27.3 cm³/mol. The lowest BCUT2D eigenvalue weighted by atomic mass is 10.1. The summed E-state index contributed by atoms with van der Waals surface area (Å²) in [5.74, 6) is -0.773. The van der Waals surface area contributed by atoms with Crippen LogP contribution in [0.15, 0.2) is 0 Å². The van der Waals surface area contributed by atoms with E-state index in [1.165, 1.54) is 0 Å². The molecule has 1 heterocycles. The fourth-order valence-electron chi connectivity index (χ4n) is 1.21. The van der Waals surface area contributed by atoms with Crippen molar-refractivity contribution in [3.63, 3.8) is 0 Å². The van der Waals surface area contributed by atoms with Gasteiger partial charge in [0.15, 0.2) is 0 Å². The van der Waals surface area contributed by atoms with Gasteiger partial charge in [-0.05, 0) is 13.3 Å². The Labute approximate surface area is 52.0 Å². The van der Waals surface area contributed by atoms with Gasteiger partial charge in [0.05, 0.1) is 11.3 Å². The van der Waals surface area contributed by atoms with Gasteiger partial charge in [0.2, 0.25) is 0 Å². The number of rotatable bonds is 0. The summed E-state index contributed by atoms with van der Waals surface area (Å²) in [4.78, 5) is 21.3. The third-order valence-electron chi connectivity index (χ3n) is 2.18. The molecule has 0 bridgehead atoms. The van der Waals surface area contributed by atoms with Gasteiger partial charge in [-0.3, -0.25) is 9.59 Å². The third-order valence-corrected chi connectivity index (χ3v) is 2.18. The van der Waals surface area contributed by atoms with Crippen LogP contribution < -0.4 is 0 Å². The van der Waals surface area contributed by atoms with Gasteiger partial charge >= 0.3 is 11.9 Å². The number of carbonyl (C=O) groups excluding carboxylic acids is 2. The van der Waals surface area contributed by atoms with Gasteiger partial charge in [-0.15, -0.1) is 0 Å². The van der Waals surface area contributed by atoms with E-state index < -0.39 is 5.41 Å². The minimum Gasteiger partial charge on any atom is -0.392 e. The summed E-state index contributed by atoms with van der Waals surface area (Å²) in [6.07, 6.45) is 0.699. The number of esters is 2. The van der Waals surface area contributed by atoms with Crippen LogP contribution in [0.1, 0.15) is 13.3 Å². The molecule has 0 spiro atoms. The lowest BCUT2D eigenvalue weighted by Crippen LogP contribution is -2.09. The normalized spacial score (nSPS) is 46.6. The van der Waals surface area contributed by atoms with Crippen molar-refractivity contribution in [2.24, 2.45) is 11.3 Å². The van der Waals surface area contributed by atoms with Crippen LogP contribution in [0.5, 0.6) is 0 Å². The van der Waals surface area contributed by atoms with E-state index in [2.05, 4.69) is 4.74 Å². The summed E-state index contributed by atoms with van der Waals surface area (Å²) < 4.78 is 4.35. The lowest BCUT2D eigenvalue weighted by molar-refractivity contribution is -0.156. The molecule has 9 heavy (non-hydrogen) atoms. The molecular weight excluding hydrogens is 120 g/mol. The summed E-state index contributed by atoms with van der Waals surface area (Å²) >= 11 is 0. The second kappa shape index (κ2) is 1.03. The molecule has 2 aliphatic rings. The van der Waals surface area contributed by atoms with Gasteiger partial charge in [0.1, 0.15) is 0 Å². The van der Waals surface area contributed by atoms with E-state index in [0.717, 1.165) is 0 Å². The quantitative estimate of drug-likeness (QED) is 0.341. The van der Waals surface area contributed by atoms with E-state index in [-0.39, 0.29) is 17.9 Å². The molecule has 1 aliphatic carbocycles. The lowest BCUT2D eigenvalue weighted by Gasteiger charge is -1.95. The highest BCUT2D eigenvalue weighted by atomic mass is 16.6. The predicted octanol–water partition coefficient (Wildman–Crippen LogP) is 0.0960. The Bertz CT molecular complexity index is 208. The highest BCUT2D eigenvalue weighted by molar-refractivity contribution is 6.03. The second-order valence-corrected chi connectivity index (χ2v) is 2.88. The summed E-state index contributed by atoms with van der Waals surface area (Å²) in [7, 11) is 0. The molecule has 0 unspecified atom stereocenters. The van der Waals surface area contributed by atoms with Crippen LogP contribution in [0.4, 0.5) is 0 Å². The highest BCUT2D eigenvalue weighted by Gasteiger charge is 2.67. The summed E-state index contributed by atoms with van der Waals surface area (Å²) in [6.45, 7) is 1.77. The molecule has 1 saturated carbocycles. The van der Waals surface area contributed by atoms with E-state index in [4.69, 9.17) is 0 Å². The van der Waals surface area contributed by atoms with E-state index in [1.54, 1.807) is 6.92 Å². The van der Waals surface area contributed by atoms with E-state index in [0.29, 0.717) is 6.42 Å². The molecule has 1 aliphatic heterocycles. The van der Waals surface area contributed by atoms with Crippen molar-refractivity contribution in [1.82, 2.24) is 0 Å². The molecule has 0 radical (unpaired) electrons. The van der Waals surface area contributed by atoms with Gasteiger partial charge in [-0.1, -0.05) is 0 Å². The van der Waals surface area contributed by atoms with E-state index in [1.807, 2.05) is 0 Å². The molecule has 0 amide bonds. The van der Waals surface area contributed by atoms with E-state index in [9.17, 15) is 9.59 Å². The number of hydrogen-bond donors (Lipinski definition) is 0. The summed E-state index contributed by atoms with van der Waals surface area (Å²) in [5.41, 5.74) is -0.420. The molecule has 0 aromatic heterocycles. The maximum atomic E-state index is 10.7. The molecular formula is C6H6O3. The Morgan fingerprint density at radius 2 is 2.33 bits per heavy atom. The Morgan fingerprint density at radius 3 is 2.44 bits per heavy atom. The maximum Gasteiger partial charge on any atom is 0.320 e. The smallest absolute Gasteiger partial charge is 0.320 e. The highest BCUT2D eigenvalue weighted by Crippen LogP contribution is 2.57. The summed E-state index contributed by atoms with van der Waals surface area (Å²) in [6, 6.07) is 0. The zero-order chi connectivity index (χ0) is 6.65. The van der Waals surface area contributed by atoms with Gasteiger partial charge < -0.3 is 4.74 Å². The summed E-state index contributed by atoms with van der Waals surface area (Å²) in [5, 5.41) is 0. The molecule has 0 aromatic carbocycles. The van der Waals surface area contributed by atoms with E-state index >= 15 is 0 Å². The van der Waals surface area contributed by atoms with Crippen molar-refractivity contribution in [2.45, 2.75) is 13.3 Å². The Hall–Kier alpha value is -0.860. The minimum absolute atomic E-state index is 0.106. The number of ether oxygens (including phenoxy) is 1. The fourth-order valence-corrected chi connectivity index (χ4v) is 1.21. The van der Waals surface area contributed by atoms with Crippen LogP contribution in [-0.4, -0.2) is 11.9 Å². The number of fused-ring (bicyclic) bond motifs is 1. The standard InChI is InChI=1S/C6H6O3/c1-6-2-3(6)4(7)9-5(6)8/h3H,2H2,1H3/t3-,6-/m0/s1. The van der Waals surface area contributed by atoms with Crippen molar-refractivity contribution < 1.29 is 14.3 Å². The first-order valence-corrected chi connectivity index (χ1v) is 2.91. The Kier molecular flexibility index (Phi) is 0.570. The average molecular weight is 126 g/mol. The van der Waals surface area contributed by atoms with Crippen molar-refractivity contribution in [3.8, 4) is 0 Å². The van der Waals surface area contributed by atoms with Crippen LogP contribution in [0, 0.1) is 11.3 Å². The van der Waals surface area contributed by atoms with Crippen LogP contribution in [0.2, 0.25) is 0 Å². The zero-order valence-corrected chi connectivity index (χ0v) is 5.01. The second-order valence-electron chi connectivity index (χ2n) is 2.88. The molecule has 1 saturated heterocycles.